The van der Waals surface area contributed by atoms with E-state index in [1.54, 1.807) is 23.2 Å². The van der Waals surface area contributed by atoms with E-state index in [2.05, 4.69) is 25.0 Å². The van der Waals surface area contributed by atoms with Crippen molar-refractivity contribution in [3.8, 4) is 17.0 Å². The van der Waals surface area contributed by atoms with Crippen molar-refractivity contribution in [2.24, 2.45) is 0 Å². The van der Waals surface area contributed by atoms with Gasteiger partial charge >= 0.3 is 6.09 Å². The molecular formula is C34H37F2N7O3. The minimum atomic E-state index is -0.542. The molecule has 0 spiro atoms. The van der Waals surface area contributed by atoms with Crippen molar-refractivity contribution >= 4 is 17.1 Å². The number of methoxy groups -OCH3 is 1. The number of piperidine rings is 1. The fourth-order valence-electron chi connectivity index (χ4n) is 5.76. The molecule has 0 atom stereocenters. The largest absolute Gasteiger partial charge is 0.481 e. The molecule has 0 saturated carbocycles. The number of aryl methyl sites for hydroxylation is 2. The van der Waals surface area contributed by atoms with Gasteiger partial charge in [0.25, 0.3) is 0 Å². The van der Waals surface area contributed by atoms with Gasteiger partial charge in [-0.2, -0.15) is 9.49 Å². The molecule has 12 heteroatoms. The van der Waals surface area contributed by atoms with Crippen LogP contribution in [-0.4, -0.2) is 66.5 Å². The summed E-state index contributed by atoms with van der Waals surface area (Å²) in [5, 5.41) is 5.52. The van der Waals surface area contributed by atoms with Crippen LogP contribution in [0, 0.1) is 11.8 Å². The van der Waals surface area contributed by atoms with Crippen LogP contribution < -0.4 is 4.74 Å². The molecule has 46 heavy (non-hydrogen) atoms. The maximum Gasteiger partial charge on any atom is 0.410 e. The van der Waals surface area contributed by atoms with E-state index >= 15 is 4.39 Å². The number of hydrogen-bond donors (Lipinski definition) is 1. The summed E-state index contributed by atoms with van der Waals surface area (Å²) in [5.41, 5.74) is 4.55. The van der Waals surface area contributed by atoms with Crippen molar-refractivity contribution in [2.45, 2.75) is 64.5 Å². The number of aromatic amines is 1. The molecule has 5 aromatic heterocycles. The highest BCUT2D eigenvalue weighted by atomic mass is 19.1. The summed E-state index contributed by atoms with van der Waals surface area (Å²) in [7, 11) is 1.48. The molecule has 1 saturated heterocycles. The highest BCUT2D eigenvalue weighted by molar-refractivity contribution is 5.84. The molecule has 1 aliphatic heterocycles. The van der Waals surface area contributed by atoms with E-state index in [0.717, 1.165) is 41.1 Å². The number of rotatable bonds is 8. The summed E-state index contributed by atoms with van der Waals surface area (Å²) >= 11 is 0. The average Bonchev–Trinajstić information content (AvgIpc) is 3.68. The molecular weight excluding hydrogens is 592 g/mol. The minimum absolute atomic E-state index is 0.179. The third-order valence-electron chi connectivity index (χ3n) is 8.14. The molecule has 0 radical (unpaired) electrons. The first-order valence-electron chi connectivity index (χ1n) is 15.4. The number of hydrogen-bond acceptors (Lipinski definition) is 7. The molecule has 6 rings (SSSR count). The second-order valence-electron chi connectivity index (χ2n) is 12.6. The van der Waals surface area contributed by atoms with Gasteiger partial charge in [0.2, 0.25) is 11.8 Å². The van der Waals surface area contributed by atoms with Gasteiger partial charge in [-0.3, -0.25) is 4.68 Å². The number of ether oxygens (including phenoxy) is 2. The Kier molecular flexibility index (Phi) is 8.70. The Morgan fingerprint density at radius 3 is 2.54 bits per heavy atom. The maximum atomic E-state index is 15.2. The number of carbonyl (C=O) groups excluding carboxylic acids is 1. The number of nitrogens with zero attached hydrogens (tertiary/aromatic N) is 6. The molecule has 240 valence electrons. The number of halogens is 2. The first kappa shape index (κ1) is 31.1. The Morgan fingerprint density at radius 1 is 1.00 bits per heavy atom. The predicted molar refractivity (Wildman–Crippen MR) is 169 cm³/mol. The van der Waals surface area contributed by atoms with Crippen LogP contribution in [0.1, 0.15) is 62.0 Å². The third-order valence-corrected chi connectivity index (χ3v) is 8.14. The van der Waals surface area contributed by atoms with E-state index in [-0.39, 0.29) is 12.1 Å². The van der Waals surface area contributed by atoms with Crippen LogP contribution in [0.4, 0.5) is 13.6 Å². The van der Waals surface area contributed by atoms with Gasteiger partial charge in [0.15, 0.2) is 0 Å². The molecule has 5 aromatic rings. The third kappa shape index (κ3) is 7.00. The van der Waals surface area contributed by atoms with E-state index in [4.69, 9.17) is 9.47 Å². The monoisotopic (exact) mass is 629 g/mol. The summed E-state index contributed by atoms with van der Waals surface area (Å²) in [6, 6.07) is 7.13. The van der Waals surface area contributed by atoms with Crippen molar-refractivity contribution < 1.29 is 23.0 Å². The number of carbonyl (C=O) groups is 1. The van der Waals surface area contributed by atoms with Gasteiger partial charge in [0.05, 0.1) is 25.5 Å². The summed E-state index contributed by atoms with van der Waals surface area (Å²) in [6.07, 6.45) is 11.0. The minimum Gasteiger partial charge on any atom is -0.481 e. The lowest BCUT2D eigenvalue weighted by molar-refractivity contribution is 0.0184. The van der Waals surface area contributed by atoms with Crippen molar-refractivity contribution in [3.63, 3.8) is 0 Å². The van der Waals surface area contributed by atoms with E-state index in [1.165, 1.54) is 13.2 Å². The molecule has 0 bridgehead atoms. The van der Waals surface area contributed by atoms with Gasteiger partial charge in [-0.1, -0.05) is 6.07 Å². The van der Waals surface area contributed by atoms with Gasteiger partial charge < -0.3 is 19.4 Å². The molecule has 10 nitrogen and oxygen atoms in total. The number of H-pyrrole nitrogens is 1. The second kappa shape index (κ2) is 12.9. The van der Waals surface area contributed by atoms with E-state index in [1.807, 2.05) is 50.1 Å². The van der Waals surface area contributed by atoms with E-state index < -0.39 is 17.4 Å². The zero-order valence-electron chi connectivity index (χ0n) is 26.4. The molecule has 1 aliphatic rings. The van der Waals surface area contributed by atoms with Crippen LogP contribution in [0.15, 0.2) is 55.2 Å². The SMILES string of the molecule is COc1ncc(F)cc1CCc1ccc(Cc2c[nH]c3ncc(-c4cnn(C5CCN(C(=O)OC(C)(C)C)CC5)c4)cc23)c(F)n1. The van der Waals surface area contributed by atoms with Crippen LogP contribution in [-0.2, 0) is 24.0 Å². The Bertz CT molecular complexity index is 1860. The fraction of sp³-hybridized carbons (Fsp3) is 0.382. The predicted octanol–water partition coefficient (Wildman–Crippen LogP) is 6.45. The number of fused-ring (bicyclic) bond motifs is 1. The quantitative estimate of drug-likeness (QED) is 0.196. The zero-order valence-corrected chi connectivity index (χ0v) is 26.4. The first-order valence-corrected chi connectivity index (χ1v) is 15.4. The van der Waals surface area contributed by atoms with Gasteiger partial charge in [0, 0.05) is 71.4 Å². The number of pyridine rings is 3. The maximum absolute atomic E-state index is 15.2. The Labute approximate surface area is 265 Å². The van der Waals surface area contributed by atoms with Crippen LogP contribution in [0.2, 0.25) is 0 Å². The number of amides is 1. The summed E-state index contributed by atoms with van der Waals surface area (Å²) in [5.74, 6) is -0.647. The van der Waals surface area contributed by atoms with E-state index in [0.29, 0.717) is 60.7 Å². The van der Waals surface area contributed by atoms with Gasteiger partial charge in [0.1, 0.15) is 17.1 Å². The van der Waals surface area contributed by atoms with Crippen molar-refractivity contribution in [3.05, 3.63) is 89.4 Å². The van der Waals surface area contributed by atoms with Crippen molar-refractivity contribution in [1.29, 1.82) is 0 Å². The second-order valence-corrected chi connectivity index (χ2v) is 12.6. The fourth-order valence-corrected chi connectivity index (χ4v) is 5.76. The van der Waals surface area contributed by atoms with Crippen LogP contribution in [0.3, 0.4) is 0 Å². The average molecular weight is 630 g/mol. The molecule has 0 aliphatic carbocycles. The smallest absolute Gasteiger partial charge is 0.410 e. The number of nitrogens with one attached hydrogen (secondary N) is 1. The summed E-state index contributed by atoms with van der Waals surface area (Å²) in [4.78, 5) is 30.1. The zero-order chi connectivity index (χ0) is 32.4. The Morgan fingerprint density at radius 2 is 1.80 bits per heavy atom. The standard InChI is InChI=1S/C34H37F2N7O3/c1-34(2,3)46-33(44)42-11-9-28(10-12-42)43-20-25(18-40-43)23-15-29-24(17-38-31(29)37-16-23)13-21-5-7-27(41-30(21)36)8-6-22-14-26(35)19-39-32(22)45-4/h5,7,14-20,28H,6,8-13H2,1-4H3,(H,37,38). The lowest BCUT2D eigenvalue weighted by Gasteiger charge is -2.33. The van der Waals surface area contributed by atoms with Crippen LogP contribution in [0.25, 0.3) is 22.2 Å². The van der Waals surface area contributed by atoms with Gasteiger partial charge in [-0.25, -0.2) is 24.1 Å². The summed E-state index contributed by atoms with van der Waals surface area (Å²) in [6.45, 7) is 6.83. The Hall–Kier alpha value is -4.87. The number of aromatic nitrogens is 6. The molecule has 1 amide bonds. The highest BCUT2D eigenvalue weighted by Crippen LogP contribution is 2.29. The molecule has 0 aromatic carbocycles. The van der Waals surface area contributed by atoms with E-state index in [9.17, 15) is 9.18 Å². The van der Waals surface area contributed by atoms with Gasteiger partial charge in [-0.05, 0) is 70.2 Å². The lowest BCUT2D eigenvalue weighted by Crippen LogP contribution is -2.42. The molecule has 0 unspecified atom stereocenters. The van der Waals surface area contributed by atoms with Crippen LogP contribution in [0.5, 0.6) is 5.88 Å². The molecule has 6 heterocycles. The normalized spacial score (nSPS) is 14.2. The lowest BCUT2D eigenvalue weighted by atomic mass is 10.0. The van der Waals surface area contributed by atoms with Crippen molar-refractivity contribution in [2.75, 3.05) is 20.2 Å². The molecule has 1 N–H and O–H groups in total. The first-order chi connectivity index (χ1) is 22.1. The van der Waals surface area contributed by atoms with Gasteiger partial charge in [-0.15, -0.1) is 0 Å². The molecule has 1 fully saturated rings. The van der Waals surface area contributed by atoms with Crippen molar-refractivity contribution in [1.82, 2.24) is 34.6 Å². The van der Waals surface area contributed by atoms with Crippen LogP contribution >= 0.6 is 0 Å². The topological polar surface area (TPSA) is 111 Å². The highest BCUT2D eigenvalue weighted by Gasteiger charge is 2.28. The Balaban J connectivity index is 1.12. The summed E-state index contributed by atoms with van der Waals surface area (Å²) < 4.78 is 41.5. The number of likely N-dealkylation sites (tertiary alicyclic amines) is 1.